The number of carbonyl (C=O) groups is 1. The van der Waals surface area contributed by atoms with Gasteiger partial charge in [-0.25, -0.2) is 17.9 Å². The van der Waals surface area contributed by atoms with Gasteiger partial charge < -0.3 is 5.32 Å². The minimum Gasteiger partial charge on any atom is -0.333 e. The predicted octanol–water partition coefficient (Wildman–Crippen LogP) is 4.33. The number of pyridine rings is 1. The molecule has 0 radical (unpaired) electrons. The Labute approximate surface area is 166 Å². The molecule has 26 heavy (non-hydrogen) atoms. The molecule has 140 valence electrons. The second-order valence-electron chi connectivity index (χ2n) is 6.31. The van der Waals surface area contributed by atoms with Gasteiger partial charge in [-0.15, -0.1) is 0 Å². The second kappa shape index (κ2) is 8.04. The molecule has 2 N–H and O–H groups in total. The molecule has 0 aliphatic carbocycles. The Morgan fingerprint density at radius 3 is 2.46 bits per heavy atom. The van der Waals surface area contributed by atoms with Gasteiger partial charge in [0.1, 0.15) is 4.90 Å². The minimum atomic E-state index is -4.11. The number of hydrogen-bond acceptors (Lipinski definition) is 5. The van der Waals surface area contributed by atoms with Crippen LogP contribution in [-0.4, -0.2) is 25.0 Å². The maximum atomic E-state index is 12.6. The zero-order valence-corrected chi connectivity index (χ0v) is 17.4. The fraction of sp³-hybridized carbons (Fsp3) is 0.250. The molecule has 2 aromatic rings. The van der Waals surface area contributed by atoms with Crippen LogP contribution in [0.3, 0.4) is 0 Å². The largest absolute Gasteiger partial charge is 0.333 e. The zero-order valence-electron chi connectivity index (χ0n) is 14.2. The Balaban J connectivity index is 2.29. The minimum absolute atomic E-state index is 0.111. The Hall–Kier alpha value is -1.48. The van der Waals surface area contributed by atoms with Gasteiger partial charge in [-0.1, -0.05) is 35.0 Å². The van der Waals surface area contributed by atoms with Crippen molar-refractivity contribution in [3.63, 3.8) is 0 Å². The number of halogens is 2. The third-order valence-corrected chi connectivity index (χ3v) is 6.16. The molecule has 0 spiro atoms. The summed E-state index contributed by atoms with van der Waals surface area (Å²) < 4.78 is 27.2. The van der Waals surface area contributed by atoms with Gasteiger partial charge in [0, 0.05) is 27.7 Å². The highest BCUT2D eigenvalue weighted by atomic mass is 35.5. The molecule has 6 nitrogen and oxygen atoms in total. The maximum Gasteiger partial charge on any atom is 0.329 e. The number of carbonyl (C=O) groups excluding carboxylic acids is 1. The summed E-state index contributed by atoms with van der Waals surface area (Å²) in [5, 5.41) is 3.30. The molecular weight excluding hydrogens is 417 g/mol. The van der Waals surface area contributed by atoms with E-state index in [0.717, 1.165) is 0 Å². The van der Waals surface area contributed by atoms with Crippen molar-refractivity contribution < 1.29 is 13.2 Å². The third kappa shape index (κ3) is 5.77. The van der Waals surface area contributed by atoms with E-state index in [9.17, 15) is 13.2 Å². The van der Waals surface area contributed by atoms with E-state index in [1.165, 1.54) is 24.2 Å². The van der Waals surface area contributed by atoms with Crippen LogP contribution in [-0.2, 0) is 10.0 Å². The van der Waals surface area contributed by atoms with Gasteiger partial charge in [0.2, 0.25) is 0 Å². The summed E-state index contributed by atoms with van der Waals surface area (Å²) in [5.74, 6) is 0. The molecule has 0 aliphatic heterocycles. The maximum absolute atomic E-state index is 12.6. The van der Waals surface area contributed by atoms with Crippen molar-refractivity contribution in [2.24, 2.45) is 0 Å². The molecule has 2 amide bonds. The fourth-order valence-corrected chi connectivity index (χ4v) is 4.47. The number of sulfonamides is 1. The summed E-state index contributed by atoms with van der Waals surface area (Å²) in [6.07, 6.45) is 2.65. The number of hydrogen-bond donors (Lipinski definition) is 2. The first-order valence-electron chi connectivity index (χ1n) is 7.40. The summed E-state index contributed by atoms with van der Waals surface area (Å²) in [4.78, 5) is 16.8. The van der Waals surface area contributed by atoms with E-state index in [1.807, 2.05) is 4.72 Å². The molecule has 0 aliphatic rings. The van der Waals surface area contributed by atoms with E-state index in [0.29, 0.717) is 19.8 Å². The quantitative estimate of drug-likeness (QED) is 0.748. The summed E-state index contributed by atoms with van der Waals surface area (Å²) in [6, 6.07) is 5.70. The highest BCUT2D eigenvalue weighted by Crippen LogP contribution is 2.35. The number of aromatic nitrogens is 1. The van der Waals surface area contributed by atoms with Crippen molar-refractivity contribution in [1.82, 2.24) is 15.0 Å². The molecule has 0 unspecified atom stereocenters. The van der Waals surface area contributed by atoms with Gasteiger partial charge in [0.05, 0.1) is 10.0 Å². The van der Waals surface area contributed by atoms with Crippen LogP contribution in [0.4, 0.5) is 4.79 Å². The van der Waals surface area contributed by atoms with Crippen molar-refractivity contribution in [2.75, 3.05) is 0 Å². The normalized spacial score (nSPS) is 11.9. The van der Waals surface area contributed by atoms with Crippen molar-refractivity contribution in [3.05, 3.63) is 46.7 Å². The first kappa shape index (κ1) is 20.8. The predicted molar refractivity (Wildman–Crippen MR) is 103 cm³/mol. The van der Waals surface area contributed by atoms with Gasteiger partial charge in [-0.05, 0) is 45.0 Å². The smallest absolute Gasteiger partial charge is 0.329 e. The van der Waals surface area contributed by atoms with Crippen LogP contribution < -0.4 is 10.0 Å². The highest BCUT2D eigenvalue weighted by Gasteiger charge is 2.24. The number of rotatable bonds is 4. The van der Waals surface area contributed by atoms with Crippen molar-refractivity contribution in [3.8, 4) is 0 Å². The van der Waals surface area contributed by atoms with Crippen molar-refractivity contribution >= 4 is 51.0 Å². The van der Waals surface area contributed by atoms with E-state index in [2.05, 4.69) is 10.3 Å². The lowest BCUT2D eigenvalue weighted by atomic mass is 10.1. The lowest BCUT2D eigenvalue weighted by molar-refractivity contribution is 0.237. The molecule has 10 heteroatoms. The van der Waals surface area contributed by atoms with Crippen LogP contribution in [0.15, 0.2) is 51.3 Å². The molecule has 0 fully saturated rings. The molecule has 0 bridgehead atoms. The zero-order chi connectivity index (χ0) is 19.5. The average Bonchev–Trinajstić information content (AvgIpc) is 2.49. The SMILES string of the molecule is CC(C)(C)NC(=O)NS(=O)(=O)c1cnccc1Sc1ccc(Cl)c(Cl)c1. The number of benzene rings is 1. The molecule has 0 saturated heterocycles. The second-order valence-corrected chi connectivity index (χ2v) is 9.89. The third-order valence-electron chi connectivity index (χ3n) is 2.87. The van der Waals surface area contributed by atoms with Gasteiger partial charge in [0.25, 0.3) is 10.0 Å². The fourth-order valence-electron chi connectivity index (χ4n) is 1.86. The van der Waals surface area contributed by atoms with Crippen LogP contribution >= 0.6 is 35.0 Å². The highest BCUT2D eigenvalue weighted by molar-refractivity contribution is 8.00. The monoisotopic (exact) mass is 433 g/mol. The number of amides is 2. The van der Waals surface area contributed by atoms with Crippen LogP contribution in [0.2, 0.25) is 10.0 Å². The van der Waals surface area contributed by atoms with Crippen molar-refractivity contribution in [2.45, 2.75) is 41.0 Å². The molecular formula is C16H17Cl2N3O3S2. The van der Waals surface area contributed by atoms with Crippen LogP contribution in [0.25, 0.3) is 0 Å². The summed E-state index contributed by atoms with van der Waals surface area (Å²) in [5.41, 5.74) is -0.577. The molecule has 1 aromatic heterocycles. The van der Waals surface area contributed by atoms with Gasteiger partial charge in [0.15, 0.2) is 0 Å². The number of nitrogens with one attached hydrogen (secondary N) is 2. The first-order valence-corrected chi connectivity index (χ1v) is 10.5. The lowest BCUT2D eigenvalue weighted by Crippen LogP contribution is -2.48. The summed E-state index contributed by atoms with van der Waals surface area (Å²) >= 11 is 13.1. The lowest BCUT2D eigenvalue weighted by Gasteiger charge is -2.20. The van der Waals surface area contributed by atoms with Crippen LogP contribution in [0.1, 0.15) is 20.8 Å². The number of nitrogens with zero attached hydrogens (tertiary/aromatic N) is 1. The Morgan fingerprint density at radius 1 is 1.15 bits per heavy atom. The van der Waals surface area contributed by atoms with E-state index in [4.69, 9.17) is 23.2 Å². The molecule has 0 atom stereocenters. The average molecular weight is 434 g/mol. The summed E-state index contributed by atoms with van der Waals surface area (Å²) in [7, 11) is -4.11. The van der Waals surface area contributed by atoms with Gasteiger partial charge in [-0.2, -0.15) is 0 Å². The Kier molecular flexibility index (Phi) is 6.44. The van der Waals surface area contributed by atoms with Crippen LogP contribution in [0.5, 0.6) is 0 Å². The van der Waals surface area contributed by atoms with Gasteiger partial charge in [-0.3, -0.25) is 4.98 Å². The molecule has 2 rings (SSSR count). The summed E-state index contributed by atoms with van der Waals surface area (Å²) in [6.45, 7) is 5.23. The molecule has 1 heterocycles. The van der Waals surface area contributed by atoms with Gasteiger partial charge >= 0.3 is 6.03 Å². The van der Waals surface area contributed by atoms with Crippen molar-refractivity contribution in [1.29, 1.82) is 0 Å². The Morgan fingerprint density at radius 2 is 1.85 bits per heavy atom. The first-order chi connectivity index (χ1) is 12.0. The van der Waals surface area contributed by atoms with Crippen LogP contribution in [0, 0.1) is 0 Å². The standard InChI is InChI=1S/C16H17Cl2N3O3S2/c1-16(2,3)20-15(22)21-26(23,24)14-9-19-7-6-13(14)25-10-4-5-11(17)12(18)8-10/h4-9H,1-3H3,(H2,20,21,22). The number of urea groups is 1. The van der Waals surface area contributed by atoms with E-state index >= 15 is 0 Å². The molecule has 0 saturated carbocycles. The van der Waals surface area contributed by atoms with E-state index in [1.54, 1.807) is 45.0 Å². The Bertz CT molecular complexity index is 929. The topological polar surface area (TPSA) is 88.2 Å². The molecule has 1 aromatic carbocycles. The van der Waals surface area contributed by atoms with E-state index < -0.39 is 21.6 Å². The van der Waals surface area contributed by atoms with E-state index in [-0.39, 0.29) is 4.90 Å².